The molecule has 1 unspecified atom stereocenters. The van der Waals surface area contributed by atoms with Crippen LogP contribution in [-0.4, -0.2) is 26.0 Å². The number of fused-ring (bicyclic) bond motifs is 3. The lowest BCUT2D eigenvalue weighted by Gasteiger charge is -2.08. The SMILES string of the molecule is N#CC(=C1c2cc([N+](=O)[O-])ccc2-c2c1cc([N+](=O)[O-])cc2[N+](=O)[O-])C(O)C#N. The Morgan fingerprint density at radius 2 is 1.52 bits per heavy atom. The van der Waals surface area contributed by atoms with Gasteiger partial charge >= 0.3 is 0 Å². The minimum absolute atomic E-state index is 0.0244. The number of aliphatic hydroxyl groups is 1. The molecule has 1 N–H and O–H groups in total. The van der Waals surface area contributed by atoms with Crippen LogP contribution in [0.2, 0.25) is 0 Å². The van der Waals surface area contributed by atoms with E-state index in [1.165, 1.54) is 12.1 Å². The lowest BCUT2D eigenvalue weighted by atomic mass is 9.95. The second-order valence-electron chi connectivity index (χ2n) is 5.82. The zero-order chi connectivity index (χ0) is 21.5. The van der Waals surface area contributed by atoms with Crippen LogP contribution in [0.3, 0.4) is 0 Å². The van der Waals surface area contributed by atoms with Gasteiger partial charge in [-0.15, -0.1) is 0 Å². The summed E-state index contributed by atoms with van der Waals surface area (Å²) >= 11 is 0. The second kappa shape index (κ2) is 6.80. The van der Waals surface area contributed by atoms with Crippen molar-refractivity contribution in [1.82, 2.24) is 0 Å². The van der Waals surface area contributed by atoms with Gasteiger partial charge in [0.15, 0.2) is 6.10 Å². The normalized spacial score (nSPS) is 14.0. The summed E-state index contributed by atoms with van der Waals surface area (Å²) in [6.45, 7) is 0. The second-order valence-corrected chi connectivity index (χ2v) is 5.82. The molecule has 0 saturated heterocycles. The molecule has 2 aromatic carbocycles. The molecule has 0 aliphatic heterocycles. The third kappa shape index (κ3) is 2.91. The van der Waals surface area contributed by atoms with E-state index < -0.39 is 43.5 Å². The smallest absolute Gasteiger partial charge is 0.284 e. The van der Waals surface area contributed by atoms with E-state index in [0.717, 1.165) is 24.3 Å². The third-order valence-corrected chi connectivity index (χ3v) is 4.32. The third-order valence-electron chi connectivity index (χ3n) is 4.32. The number of nitriles is 2. The number of hydrogen-bond donors (Lipinski definition) is 1. The summed E-state index contributed by atoms with van der Waals surface area (Å²) in [5, 5.41) is 62.3. The maximum atomic E-state index is 11.5. The first-order valence-electron chi connectivity index (χ1n) is 7.69. The first-order valence-corrected chi connectivity index (χ1v) is 7.69. The van der Waals surface area contributed by atoms with Gasteiger partial charge in [-0.3, -0.25) is 30.3 Å². The molecule has 0 heterocycles. The van der Waals surface area contributed by atoms with E-state index in [1.807, 2.05) is 0 Å². The minimum atomic E-state index is -1.95. The van der Waals surface area contributed by atoms with Gasteiger partial charge in [0, 0.05) is 29.3 Å². The molecule has 0 saturated carbocycles. The van der Waals surface area contributed by atoms with Crippen molar-refractivity contribution in [2.75, 3.05) is 0 Å². The average molecular weight is 393 g/mol. The zero-order valence-corrected chi connectivity index (χ0v) is 14.1. The number of nitrogens with zero attached hydrogens (tertiary/aromatic N) is 5. The van der Waals surface area contributed by atoms with Crippen LogP contribution < -0.4 is 0 Å². The van der Waals surface area contributed by atoms with Gasteiger partial charge in [0.2, 0.25) is 0 Å². The predicted molar refractivity (Wildman–Crippen MR) is 95.1 cm³/mol. The number of non-ortho nitro benzene ring substituents is 2. The fraction of sp³-hybridized carbons (Fsp3) is 0.0588. The van der Waals surface area contributed by atoms with Crippen LogP contribution in [0, 0.1) is 53.0 Å². The Balaban J connectivity index is 2.55. The molecule has 2 aromatic rings. The van der Waals surface area contributed by atoms with Crippen molar-refractivity contribution in [3.8, 4) is 23.3 Å². The molecule has 0 amide bonds. The van der Waals surface area contributed by atoms with Crippen molar-refractivity contribution in [3.05, 3.63) is 77.4 Å². The van der Waals surface area contributed by atoms with Gasteiger partial charge in [-0.25, -0.2) is 0 Å². The number of hydrogen-bond acceptors (Lipinski definition) is 9. The fourth-order valence-corrected chi connectivity index (χ4v) is 3.17. The van der Waals surface area contributed by atoms with Crippen molar-refractivity contribution >= 4 is 22.6 Å². The van der Waals surface area contributed by atoms with E-state index in [1.54, 1.807) is 6.07 Å². The van der Waals surface area contributed by atoms with Gasteiger partial charge < -0.3 is 5.11 Å². The topological polar surface area (TPSA) is 197 Å². The minimum Gasteiger partial charge on any atom is -0.373 e. The molecule has 0 spiro atoms. The molecule has 1 aliphatic rings. The van der Waals surface area contributed by atoms with Crippen LogP contribution in [0.5, 0.6) is 0 Å². The predicted octanol–water partition coefficient (Wildman–Crippen LogP) is 2.60. The van der Waals surface area contributed by atoms with E-state index in [-0.39, 0.29) is 27.8 Å². The summed E-state index contributed by atoms with van der Waals surface area (Å²) in [7, 11) is 0. The van der Waals surface area contributed by atoms with E-state index >= 15 is 0 Å². The highest BCUT2D eigenvalue weighted by molar-refractivity contribution is 6.07. The van der Waals surface area contributed by atoms with Gasteiger partial charge in [0.25, 0.3) is 17.1 Å². The van der Waals surface area contributed by atoms with Crippen molar-refractivity contribution in [1.29, 1.82) is 10.5 Å². The summed E-state index contributed by atoms with van der Waals surface area (Å²) < 4.78 is 0. The summed E-state index contributed by atoms with van der Waals surface area (Å²) in [6, 6.07) is 8.09. The number of aliphatic hydroxyl groups excluding tert-OH is 1. The Bertz CT molecular complexity index is 1240. The molecule has 12 nitrogen and oxygen atoms in total. The fourth-order valence-electron chi connectivity index (χ4n) is 3.17. The molecular formula is C17H7N5O7. The molecule has 12 heteroatoms. The molecule has 0 fully saturated rings. The summed E-state index contributed by atoms with van der Waals surface area (Å²) in [6.07, 6.45) is -1.95. The highest BCUT2D eigenvalue weighted by Crippen LogP contribution is 2.52. The quantitative estimate of drug-likeness (QED) is 0.299. The van der Waals surface area contributed by atoms with Gasteiger partial charge in [0.1, 0.15) is 0 Å². The van der Waals surface area contributed by atoms with Crippen molar-refractivity contribution in [2.24, 2.45) is 0 Å². The maximum Gasteiger partial charge on any atom is 0.284 e. The Morgan fingerprint density at radius 3 is 2.03 bits per heavy atom. The lowest BCUT2D eigenvalue weighted by Crippen LogP contribution is -2.08. The Hall–Kier alpha value is -4.68. The molecule has 0 bridgehead atoms. The van der Waals surface area contributed by atoms with Gasteiger partial charge in [-0.05, 0) is 17.2 Å². The highest BCUT2D eigenvalue weighted by Gasteiger charge is 2.37. The molecule has 142 valence electrons. The van der Waals surface area contributed by atoms with Gasteiger partial charge in [0.05, 0.1) is 44.1 Å². The van der Waals surface area contributed by atoms with Crippen molar-refractivity contribution < 1.29 is 19.9 Å². The number of nitro groups is 3. The number of nitro benzene ring substituents is 3. The zero-order valence-electron chi connectivity index (χ0n) is 14.1. The van der Waals surface area contributed by atoms with Crippen LogP contribution in [-0.2, 0) is 0 Å². The Morgan fingerprint density at radius 1 is 0.897 bits per heavy atom. The van der Waals surface area contributed by atoms with E-state index in [2.05, 4.69) is 0 Å². The van der Waals surface area contributed by atoms with E-state index in [9.17, 15) is 40.7 Å². The molecule has 0 radical (unpaired) electrons. The Labute approximate surface area is 160 Å². The first kappa shape index (κ1) is 19.1. The highest BCUT2D eigenvalue weighted by atomic mass is 16.6. The first-order chi connectivity index (χ1) is 13.7. The average Bonchev–Trinajstić information content (AvgIpc) is 3.01. The molecule has 0 aromatic heterocycles. The monoisotopic (exact) mass is 393 g/mol. The van der Waals surface area contributed by atoms with Crippen molar-refractivity contribution in [2.45, 2.75) is 6.10 Å². The van der Waals surface area contributed by atoms with E-state index in [0.29, 0.717) is 0 Å². The molecule has 3 rings (SSSR count). The lowest BCUT2D eigenvalue weighted by molar-refractivity contribution is -0.393. The molecule has 1 atom stereocenters. The maximum absolute atomic E-state index is 11.5. The van der Waals surface area contributed by atoms with Crippen LogP contribution >= 0.6 is 0 Å². The van der Waals surface area contributed by atoms with Crippen molar-refractivity contribution in [3.63, 3.8) is 0 Å². The van der Waals surface area contributed by atoms with Gasteiger partial charge in [-0.1, -0.05) is 0 Å². The van der Waals surface area contributed by atoms with Gasteiger partial charge in [-0.2, -0.15) is 10.5 Å². The number of benzene rings is 2. The van der Waals surface area contributed by atoms with Crippen LogP contribution in [0.15, 0.2) is 35.9 Å². The summed E-state index contributed by atoms with van der Waals surface area (Å²) in [4.78, 5) is 31.5. The van der Waals surface area contributed by atoms with Crippen LogP contribution in [0.25, 0.3) is 16.7 Å². The summed E-state index contributed by atoms with van der Waals surface area (Å²) in [5.41, 5.74) is -2.61. The largest absolute Gasteiger partial charge is 0.373 e. The molecule has 1 aliphatic carbocycles. The standard InChI is InChI=1S/C17H7N5O7/c18-6-13(15(23)7-19)16-11-3-8(20(24)25)1-2-10(11)17-12(16)4-9(21(26)27)5-14(17)22(28)29/h1-5,15,23H. The molecular weight excluding hydrogens is 386 g/mol. The summed E-state index contributed by atoms with van der Waals surface area (Å²) in [5.74, 6) is 0. The van der Waals surface area contributed by atoms with Crippen LogP contribution in [0.4, 0.5) is 17.1 Å². The number of rotatable bonds is 4. The van der Waals surface area contributed by atoms with E-state index in [4.69, 9.17) is 5.26 Å². The van der Waals surface area contributed by atoms with Crippen LogP contribution in [0.1, 0.15) is 11.1 Å². The Kier molecular flexibility index (Phi) is 4.48. The molecule has 29 heavy (non-hydrogen) atoms.